The summed E-state index contributed by atoms with van der Waals surface area (Å²) in [5, 5.41) is 8.07. The Kier molecular flexibility index (Phi) is 5.05. The third kappa shape index (κ3) is 4.30. The minimum absolute atomic E-state index is 0.0185. The maximum absolute atomic E-state index is 5.50. The van der Waals surface area contributed by atoms with Crippen molar-refractivity contribution in [3.05, 3.63) is 16.6 Å². The van der Waals surface area contributed by atoms with Crippen molar-refractivity contribution in [1.29, 1.82) is 0 Å². The van der Waals surface area contributed by atoms with Gasteiger partial charge in [-0.25, -0.2) is 4.98 Å². The molecule has 8 heteroatoms. The third-order valence-corrected chi connectivity index (χ3v) is 2.96. The zero-order valence-electron chi connectivity index (χ0n) is 11.8. The summed E-state index contributed by atoms with van der Waals surface area (Å²) in [7, 11) is 1.76. The SMILES string of the molecule is CNc1nc(NCCc2cscn2)nc(OC(C)C)n1. The molecule has 2 N–H and O–H groups in total. The zero-order valence-corrected chi connectivity index (χ0v) is 12.6. The fourth-order valence-corrected chi connectivity index (χ4v) is 2.07. The van der Waals surface area contributed by atoms with Gasteiger partial charge in [-0.05, 0) is 13.8 Å². The minimum atomic E-state index is 0.0185. The Morgan fingerprint density at radius 2 is 2.05 bits per heavy atom. The van der Waals surface area contributed by atoms with Gasteiger partial charge >= 0.3 is 6.01 Å². The van der Waals surface area contributed by atoms with Crippen LogP contribution in [-0.4, -0.2) is 39.6 Å². The van der Waals surface area contributed by atoms with Crippen LogP contribution in [0.3, 0.4) is 0 Å². The molecule has 0 aliphatic carbocycles. The van der Waals surface area contributed by atoms with Gasteiger partial charge in [-0.15, -0.1) is 11.3 Å². The molecule has 20 heavy (non-hydrogen) atoms. The molecule has 0 aliphatic rings. The van der Waals surface area contributed by atoms with Gasteiger partial charge in [0.25, 0.3) is 0 Å². The number of thiazole rings is 1. The van der Waals surface area contributed by atoms with Crippen LogP contribution in [-0.2, 0) is 6.42 Å². The number of rotatable bonds is 7. The van der Waals surface area contributed by atoms with Gasteiger partial charge in [0.05, 0.1) is 17.3 Å². The molecule has 0 atom stereocenters. The Morgan fingerprint density at radius 3 is 2.70 bits per heavy atom. The van der Waals surface area contributed by atoms with E-state index < -0.39 is 0 Å². The summed E-state index contributed by atoms with van der Waals surface area (Å²) in [6.07, 6.45) is 0.842. The smallest absolute Gasteiger partial charge is 0.323 e. The second kappa shape index (κ2) is 6.99. The highest BCUT2D eigenvalue weighted by molar-refractivity contribution is 7.07. The van der Waals surface area contributed by atoms with Crippen LogP contribution in [0.2, 0.25) is 0 Å². The highest BCUT2D eigenvalue weighted by atomic mass is 32.1. The molecule has 0 spiro atoms. The van der Waals surface area contributed by atoms with E-state index in [9.17, 15) is 0 Å². The Morgan fingerprint density at radius 1 is 1.25 bits per heavy atom. The summed E-state index contributed by atoms with van der Waals surface area (Å²) >= 11 is 1.59. The van der Waals surface area contributed by atoms with Crippen molar-refractivity contribution in [1.82, 2.24) is 19.9 Å². The molecule has 108 valence electrons. The lowest BCUT2D eigenvalue weighted by molar-refractivity contribution is 0.222. The van der Waals surface area contributed by atoms with Crippen molar-refractivity contribution >= 4 is 23.2 Å². The van der Waals surface area contributed by atoms with Crippen LogP contribution < -0.4 is 15.4 Å². The number of nitrogens with zero attached hydrogens (tertiary/aromatic N) is 4. The van der Waals surface area contributed by atoms with Crippen LogP contribution in [0.25, 0.3) is 0 Å². The molecule has 0 fully saturated rings. The number of hydrogen-bond donors (Lipinski definition) is 2. The Bertz CT molecular complexity index is 531. The maximum Gasteiger partial charge on any atom is 0.323 e. The molecule has 0 unspecified atom stereocenters. The summed E-state index contributed by atoms with van der Waals surface area (Å²) in [5.41, 5.74) is 2.88. The van der Waals surface area contributed by atoms with Gasteiger partial charge in [-0.1, -0.05) is 0 Å². The zero-order chi connectivity index (χ0) is 14.4. The topological polar surface area (TPSA) is 84.9 Å². The van der Waals surface area contributed by atoms with E-state index in [1.165, 1.54) is 0 Å². The number of anilines is 2. The molecule has 7 nitrogen and oxygen atoms in total. The first-order valence-electron chi connectivity index (χ1n) is 6.39. The van der Waals surface area contributed by atoms with E-state index in [-0.39, 0.29) is 6.10 Å². The van der Waals surface area contributed by atoms with E-state index >= 15 is 0 Å². The first kappa shape index (κ1) is 14.4. The van der Waals surface area contributed by atoms with E-state index in [0.29, 0.717) is 24.5 Å². The normalized spacial score (nSPS) is 10.6. The molecule has 2 aromatic heterocycles. The summed E-state index contributed by atoms with van der Waals surface area (Å²) in [6, 6.07) is 0.315. The minimum Gasteiger partial charge on any atom is -0.461 e. The number of aromatic nitrogens is 4. The lowest BCUT2D eigenvalue weighted by atomic mass is 10.3. The molecule has 2 heterocycles. The number of hydrogen-bond acceptors (Lipinski definition) is 8. The third-order valence-electron chi connectivity index (χ3n) is 2.33. The fourth-order valence-electron chi connectivity index (χ4n) is 1.47. The first-order chi connectivity index (χ1) is 9.67. The van der Waals surface area contributed by atoms with E-state index in [4.69, 9.17) is 4.74 Å². The molecule has 0 aliphatic heterocycles. The van der Waals surface area contributed by atoms with E-state index in [0.717, 1.165) is 12.1 Å². The maximum atomic E-state index is 5.50. The van der Waals surface area contributed by atoms with Crippen molar-refractivity contribution in [3.8, 4) is 6.01 Å². The van der Waals surface area contributed by atoms with Crippen molar-refractivity contribution in [2.45, 2.75) is 26.4 Å². The van der Waals surface area contributed by atoms with Gasteiger partial charge in [0.1, 0.15) is 0 Å². The first-order valence-corrected chi connectivity index (χ1v) is 7.33. The molecular formula is C12H18N6OS. The molecule has 0 amide bonds. The highest BCUT2D eigenvalue weighted by Gasteiger charge is 2.08. The van der Waals surface area contributed by atoms with E-state index in [1.807, 2.05) is 24.7 Å². The lowest BCUT2D eigenvalue weighted by Gasteiger charge is -2.10. The highest BCUT2D eigenvalue weighted by Crippen LogP contribution is 2.12. The van der Waals surface area contributed by atoms with Crippen molar-refractivity contribution in [3.63, 3.8) is 0 Å². The van der Waals surface area contributed by atoms with Gasteiger partial charge in [-0.2, -0.15) is 15.0 Å². The van der Waals surface area contributed by atoms with Crippen LogP contribution in [0.1, 0.15) is 19.5 Å². The predicted molar refractivity (Wildman–Crippen MR) is 79.4 cm³/mol. The second-order valence-corrected chi connectivity index (χ2v) is 5.06. The summed E-state index contributed by atoms with van der Waals surface area (Å²) < 4.78 is 5.50. The molecule has 0 saturated heterocycles. The van der Waals surface area contributed by atoms with Crippen molar-refractivity contribution < 1.29 is 4.74 Å². The molecule has 0 aromatic carbocycles. The van der Waals surface area contributed by atoms with Gasteiger partial charge < -0.3 is 15.4 Å². The molecule has 0 saturated carbocycles. The van der Waals surface area contributed by atoms with Crippen LogP contribution >= 0.6 is 11.3 Å². The van der Waals surface area contributed by atoms with E-state index in [1.54, 1.807) is 18.4 Å². The van der Waals surface area contributed by atoms with Gasteiger partial charge in [0.15, 0.2) is 0 Å². The van der Waals surface area contributed by atoms with Crippen LogP contribution in [0.5, 0.6) is 6.01 Å². The largest absolute Gasteiger partial charge is 0.461 e. The van der Waals surface area contributed by atoms with Crippen LogP contribution in [0.4, 0.5) is 11.9 Å². The lowest BCUT2D eigenvalue weighted by Crippen LogP contribution is -2.14. The van der Waals surface area contributed by atoms with Gasteiger partial charge in [0.2, 0.25) is 11.9 Å². The van der Waals surface area contributed by atoms with Gasteiger partial charge in [-0.3, -0.25) is 0 Å². The van der Waals surface area contributed by atoms with Crippen molar-refractivity contribution in [2.24, 2.45) is 0 Å². The molecular weight excluding hydrogens is 276 g/mol. The molecule has 0 bridgehead atoms. The van der Waals surface area contributed by atoms with E-state index in [2.05, 4.69) is 30.6 Å². The number of ether oxygens (including phenoxy) is 1. The summed E-state index contributed by atoms with van der Waals surface area (Å²) in [6.45, 7) is 4.56. The number of nitrogens with one attached hydrogen (secondary N) is 2. The molecule has 2 aromatic rings. The Hall–Kier alpha value is -1.96. The summed E-state index contributed by atoms with van der Waals surface area (Å²) in [5.74, 6) is 0.974. The van der Waals surface area contributed by atoms with Crippen LogP contribution in [0, 0.1) is 0 Å². The average molecular weight is 294 g/mol. The summed E-state index contributed by atoms with van der Waals surface area (Å²) in [4.78, 5) is 16.8. The van der Waals surface area contributed by atoms with Gasteiger partial charge in [0, 0.05) is 25.4 Å². The molecule has 2 rings (SSSR count). The Balaban J connectivity index is 1.98. The molecule has 0 radical (unpaired) electrons. The Labute approximate surface area is 121 Å². The monoisotopic (exact) mass is 294 g/mol. The quantitative estimate of drug-likeness (QED) is 0.805. The predicted octanol–water partition coefficient (Wildman–Crippen LogP) is 1.81. The average Bonchev–Trinajstić information content (AvgIpc) is 2.91. The fraction of sp³-hybridized carbons (Fsp3) is 0.500. The second-order valence-electron chi connectivity index (χ2n) is 4.34. The van der Waals surface area contributed by atoms with Crippen LogP contribution in [0.15, 0.2) is 10.9 Å². The standard InChI is InChI=1S/C12H18N6OS/c1-8(2)19-12-17-10(13-3)16-11(18-12)14-5-4-9-6-20-7-15-9/h6-8H,4-5H2,1-3H3,(H2,13,14,16,17,18). The van der Waals surface area contributed by atoms with Crippen molar-refractivity contribution in [2.75, 3.05) is 24.2 Å².